The Morgan fingerprint density at radius 3 is 2.70 bits per heavy atom. The quantitative estimate of drug-likeness (QED) is 0.879. The molecule has 0 saturated heterocycles. The van der Waals surface area contributed by atoms with Crippen molar-refractivity contribution in [2.75, 3.05) is 25.9 Å². The molecule has 108 valence electrons. The van der Waals surface area contributed by atoms with E-state index in [4.69, 9.17) is 10.5 Å². The first-order valence-electron chi connectivity index (χ1n) is 7.13. The number of methoxy groups -OCH3 is 1. The lowest BCUT2D eigenvalue weighted by molar-refractivity contribution is 0.281. The number of nitrogens with zero attached hydrogens (tertiary/aromatic N) is 2. The summed E-state index contributed by atoms with van der Waals surface area (Å²) in [5.74, 6) is 1.42. The van der Waals surface area contributed by atoms with Gasteiger partial charge in [0.05, 0.1) is 12.6 Å². The molecule has 1 heterocycles. The molecule has 2 rings (SSSR count). The lowest BCUT2D eigenvalue weighted by Gasteiger charge is -2.20. The average Bonchev–Trinajstić information content (AvgIpc) is 2.46. The van der Waals surface area contributed by atoms with Crippen molar-refractivity contribution >= 4 is 16.7 Å². The molecule has 0 unspecified atom stereocenters. The Morgan fingerprint density at radius 2 is 2.05 bits per heavy atom. The van der Waals surface area contributed by atoms with Gasteiger partial charge < -0.3 is 10.5 Å². The number of pyridine rings is 1. The number of nitrogens with two attached hydrogens (primary N) is 1. The molecule has 2 N–H and O–H groups in total. The summed E-state index contributed by atoms with van der Waals surface area (Å²) in [6.07, 6.45) is 1.14. The van der Waals surface area contributed by atoms with Crippen LogP contribution in [0.4, 0.5) is 5.82 Å². The SMILES string of the molecule is CCCN(CC)Cc1cc2ccc(OC)cc2nc1N. The molecule has 0 aliphatic rings. The number of fused-ring (bicyclic) bond motifs is 1. The molecule has 0 atom stereocenters. The third kappa shape index (κ3) is 3.20. The number of nitrogen functional groups attached to an aromatic ring is 1. The van der Waals surface area contributed by atoms with Gasteiger partial charge in [-0.2, -0.15) is 0 Å². The molecule has 4 nitrogen and oxygen atoms in total. The fourth-order valence-electron chi connectivity index (χ4n) is 2.37. The van der Waals surface area contributed by atoms with Crippen LogP contribution < -0.4 is 10.5 Å². The normalized spacial score (nSPS) is 11.2. The number of anilines is 1. The van der Waals surface area contributed by atoms with Crippen LogP contribution in [0.3, 0.4) is 0 Å². The highest BCUT2D eigenvalue weighted by Crippen LogP contribution is 2.23. The summed E-state index contributed by atoms with van der Waals surface area (Å²) < 4.78 is 5.22. The van der Waals surface area contributed by atoms with Gasteiger partial charge in [-0.25, -0.2) is 4.98 Å². The average molecular weight is 273 g/mol. The fraction of sp³-hybridized carbons (Fsp3) is 0.438. The lowest BCUT2D eigenvalue weighted by Crippen LogP contribution is -2.24. The minimum Gasteiger partial charge on any atom is -0.497 e. The highest BCUT2D eigenvalue weighted by Gasteiger charge is 2.09. The van der Waals surface area contributed by atoms with E-state index in [1.807, 2.05) is 18.2 Å². The van der Waals surface area contributed by atoms with Gasteiger partial charge in [0.1, 0.15) is 11.6 Å². The van der Waals surface area contributed by atoms with Gasteiger partial charge in [0, 0.05) is 23.6 Å². The molecule has 1 aromatic carbocycles. The van der Waals surface area contributed by atoms with Crippen LogP contribution in [0.25, 0.3) is 10.9 Å². The summed E-state index contributed by atoms with van der Waals surface area (Å²) >= 11 is 0. The zero-order valence-electron chi connectivity index (χ0n) is 12.5. The summed E-state index contributed by atoms with van der Waals surface area (Å²) in [4.78, 5) is 6.88. The molecule has 1 aromatic heterocycles. The molecule has 0 spiro atoms. The number of ether oxygens (including phenoxy) is 1. The van der Waals surface area contributed by atoms with Crippen molar-refractivity contribution < 1.29 is 4.74 Å². The maximum Gasteiger partial charge on any atom is 0.128 e. The molecule has 0 fully saturated rings. The van der Waals surface area contributed by atoms with E-state index in [0.717, 1.165) is 48.3 Å². The summed E-state index contributed by atoms with van der Waals surface area (Å²) in [6, 6.07) is 8.03. The van der Waals surface area contributed by atoms with Crippen LogP contribution in [0.15, 0.2) is 24.3 Å². The second kappa shape index (κ2) is 6.57. The molecule has 2 aromatic rings. The number of aromatic nitrogens is 1. The third-order valence-corrected chi connectivity index (χ3v) is 3.52. The van der Waals surface area contributed by atoms with Crippen molar-refractivity contribution in [2.45, 2.75) is 26.8 Å². The highest BCUT2D eigenvalue weighted by atomic mass is 16.5. The van der Waals surface area contributed by atoms with Gasteiger partial charge in [0.25, 0.3) is 0 Å². The van der Waals surface area contributed by atoms with Gasteiger partial charge in [-0.1, -0.05) is 13.8 Å². The van der Waals surface area contributed by atoms with Crippen LogP contribution in [-0.4, -0.2) is 30.1 Å². The number of rotatable bonds is 6. The van der Waals surface area contributed by atoms with Crippen LogP contribution in [0.5, 0.6) is 5.75 Å². The number of benzene rings is 1. The first-order chi connectivity index (χ1) is 9.67. The van der Waals surface area contributed by atoms with Gasteiger partial charge in [-0.05, 0) is 37.7 Å². The zero-order valence-corrected chi connectivity index (χ0v) is 12.5. The van der Waals surface area contributed by atoms with Gasteiger partial charge in [-0.15, -0.1) is 0 Å². The third-order valence-electron chi connectivity index (χ3n) is 3.52. The van der Waals surface area contributed by atoms with Crippen molar-refractivity contribution in [2.24, 2.45) is 0 Å². The Kier molecular flexibility index (Phi) is 4.79. The maximum atomic E-state index is 6.10. The minimum atomic E-state index is 0.611. The molecule has 0 radical (unpaired) electrons. The predicted octanol–water partition coefficient (Wildman–Crippen LogP) is 3.06. The van der Waals surface area contributed by atoms with E-state index in [9.17, 15) is 0 Å². The van der Waals surface area contributed by atoms with Crippen LogP contribution in [0.2, 0.25) is 0 Å². The topological polar surface area (TPSA) is 51.4 Å². The highest BCUT2D eigenvalue weighted by molar-refractivity contribution is 5.82. The Labute approximate surface area is 120 Å². The maximum absolute atomic E-state index is 6.10. The van der Waals surface area contributed by atoms with E-state index >= 15 is 0 Å². The summed E-state index contributed by atoms with van der Waals surface area (Å²) in [6.45, 7) is 7.32. The standard InChI is InChI=1S/C16H23N3O/c1-4-8-19(5-2)11-13-9-12-6-7-14(20-3)10-15(12)18-16(13)17/h6-7,9-10H,4-5,8,11H2,1-3H3,(H2,17,18). The zero-order chi connectivity index (χ0) is 14.5. The molecule has 0 amide bonds. The Hall–Kier alpha value is -1.81. The van der Waals surface area contributed by atoms with Crippen molar-refractivity contribution in [3.63, 3.8) is 0 Å². The van der Waals surface area contributed by atoms with E-state index in [2.05, 4.69) is 29.8 Å². The van der Waals surface area contributed by atoms with E-state index in [-0.39, 0.29) is 0 Å². The molecule has 4 heteroatoms. The predicted molar refractivity (Wildman–Crippen MR) is 83.9 cm³/mol. The van der Waals surface area contributed by atoms with E-state index < -0.39 is 0 Å². The van der Waals surface area contributed by atoms with Crippen LogP contribution in [-0.2, 0) is 6.54 Å². The first-order valence-corrected chi connectivity index (χ1v) is 7.13. The molecule has 0 bridgehead atoms. The minimum absolute atomic E-state index is 0.611. The van der Waals surface area contributed by atoms with E-state index in [0.29, 0.717) is 5.82 Å². The Bertz CT molecular complexity index is 583. The molecule has 0 aliphatic carbocycles. The van der Waals surface area contributed by atoms with Crippen molar-refractivity contribution in [1.29, 1.82) is 0 Å². The fourth-order valence-corrected chi connectivity index (χ4v) is 2.37. The monoisotopic (exact) mass is 273 g/mol. The van der Waals surface area contributed by atoms with Crippen LogP contribution >= 0.6 is 0 Å². The number of hydrogen-bond acceptors (Lipinski definition) is 4. The van der Waals surface area contributed by atoms with Gasteiger partial charge >= 0.3 is 0 Å². The summed E-state index contributed by atoms with van der Waals surface area (Å²) in [7, 11) is 1.66. The van der Waals surface area contributed by atoms with Crippen LogP contribution in [0.1, 0.15) is 25.8 Å². The molecule has 20 heavy (non-hydrogen) atoms. The molecule has 0 aliphatic heterocycles. The van der Waals surface area contributed by atoms with Gasteiger partial charge in [-0.3, -0.25) is 4.90 Å². The number of hydrogen-bond donors (Lipinski definition) is 1. The Balaban J connectivity index is 2.32. The lowest BCUT2D eigenvalue weighted by atomic mass is 10.1. The summed E-state index contributed by atoms with van der Waals surface area (Å²) in [5, 5.41) is 1.10. The molecular formula is C16H23N3O. The summed E-state index contributed by atoms with van der Waals surface area (Å²) in [5.41, 5.74) is 8.07. The molecular weight excluding hydrogens is 250 g/mol. The van der Waals surface area contributed by atoms with Gasteiger partial charge in [0.15, 0.2) is 0 Å². The van der Waals surface area contributed by atoms with E-state index in [1.165, 1.54) is 0 Å². The first kappa shape index (κ1) is 14.6. The second-order valence-electron chi connectivity index (χ2n) is 4.96. The second-order valence-corrected chi connectivity index (χ2v) is 4.96. The molecule has 0 saturated carbocycles. The largest absolute Gasteiger partial charge is 0.497 e. The van der Waals surface area contributed by atoms with Crippen molar-refractivity contribution in [3.05, 3.63) is 29.8 Å². The van der Waals surface area contributed by atoms with E-state index in [1.54, 1.807) is 7.11 Å². The van der Waals surface area contributed by atoms with Crippen LogP contribution in [0, 0.1) is 0 Å². The smallest absolute Gasteiger partial charge is 0.128 e. The van der Waals surface area contributed by atoms with Crippen molar-refractivity contribution in [1.82, 2.24) is 9.88 Å². The Morgan fingerprint density at radius 1 is 1.25 bits per heavy atom. The van der Waals surface area contributed by atoms with Crippen molar-refractivity contribution in [3.8, 4) is 5.75 Å². The van der Waals surface area contributed by atoms with Gasteiger partial charge in [0.2, 0.25) is 0 Å².